The summed E-state index contributed by atoms with van der Waals surface area (Å²) in [7, 11) is 2.96. The molecule has 0 aliphatic rings. The summed E-state index contributed by atoms with van der Waals surface area (Å²) >= 11 is 10.5. The van der Waals surface area contributed by atoms with Gasteiger partial charge in [-0.1, -0.05) is 60.8 Å². The lowest BCUT2D eigenvalue weighted by Gasteiger charge is -2.19. The summed E-state index contributed by atoms with van der Waals surface area (Å²) in [4.78, 5) is 25.6. The van der Waals surface area contributed by atoms with E-state index in [1.807, 2.05) is 30.3 Å². The number of carbonyl (C=O) groups excluding carboxylic acids is 2. The maximum absolute atomic E-state index is 12.8. The summed E-state index contributed by atoms with van der Waals surface area (Å²) in [5, 5.41) is 5.87. The van der Waals surface area contributed by atoms with E-state index < -0.39 is 6.03 Å². The van der Waals surface area contributed by atoms with Crippen LogP contribution in [0.1, 0.15) is 15.9 Å². The molecule has 4 rings (SSSR count). The lowest BCUT2D eigenvalue weighted by Crippen LogP contribution is -2.27. The van der Waals surface area contributed by atoms with Crippen LogP contribution < -0.4 is 29.1 Å². The minimum atomic E-state index is -0.540. The third-order valence-electron chi connectivity index (χ3n) is 5.62. The second-order valence-electron chi connectivity index (χ2n) is 8.23. The number of rotatable bonds is 9. The highest BCUT2D eigenvalue weighted by molar-refractivity contribution is 7.82. The van der Waals surface area contributed by atoms with E-state index in [2.05, 4.69) is 23.4 Å². The molecule has 0 atom stereocenters. The van der Waals surface area contributed by atoms with E-state index >= 15 is 0 Å². The number of halogens is 1. The minimum absolute atomic E-state index is 0.295. The lowest BCUT2D eigenvalue weighted by atomic mass is 10.2. The fourth-order valence-corrected chi connectivity index (χ4v) is 4.02. The molecule has 10 heteroatoms. The molecule has 39 heavy (non-hydrogen) atoms. The highest BCUT2D eigenvalue weighted by Crippen LogP contribution is 2.36. The van der Waals surface area contributed by atoms with Gasteiger partial charge >= 0.3 is 6.03 Å². The predicted octanol–water partition coefficient (Wildman–Crippen LogP) is 7.07. The number of methoxy groups -OCH3 is 2. The standard InChI is InChI=1S/C29H26ClN3O5S/c1-36-26-17-27(37-2)25(16-24(26)30)32-29(35)33(39)22-13-11-21(12-14-22)31-28(34)20-9-6-10-23(15-20)38-18-19-7-4-3-5-8-19/h3-17,39H,18H2,1-2H3,(H,31,34)(H,32,35). The van der Waals surface area contributed by atoms with Gasteiger partial charge in [0.05, 0.1) is 30.6 Å². The van der Waals surface area contributed by atoms with Gasteiger partial charge in [0, 0.05) is 17.3 Å². The van der Waals surface area contributed by atoms with Crippen molar-refractivity contribution in [3.8, 4) is 17.2 Å². The first-order valence-corrected chi connectivity index (χ1v) is 12.6. The minimum Gasteiger partial charge on any atom is -0.495 e. The number of ether oxygens (including phenoxy) is 3. The number of hydrogen-bond acceptors (Lipinski definition) is 6. The van der Waals surface area contributed by atoms with Crippen molar-refractivity contribution in [1.29, 1.82) is 0 Å². The van der Waals surface area contributed by atoms with Crippen LogP contribution in [0.3, 0.4) is 0 Å². The molecule has 4 aromatic rings. The number of carbonyl (C=O) groups is 2. The molecule has 0 unspecified atom stereocenters. The molecule has 2 N–H and O–H groups in total. The molecule has 0 aromatic heterocycles. The first-order valence-electron chi connectivity index (χ1n) is 11.8. The summed E-state index contributed by atoms with van der Waals surface area (Å²) < 4.78 is 17.4. The summed E-state index contributed by atoms with van der Waals surface area (Å²) in [5.41, 5.74) is 2.86. The van der Waals surface area contributed by atoms with Gasteiger partial charge in [-0.2, -0.15) is 0 Å². The van der Waals surface area contributed by atoms with Crippen molar-refractivity contribution in [2.24, 2.45) is 0 Å². The van der Waals surface area contributed by atoms with E-state index in [1.165, 1.54) is 20.3 Å². The Labute approximate surface area is 237 Å². The SMILES string of the molecule is COc1cc(OC)c(NC(=O)N(S)c2ccc(NC(=O)c3cccc(OCc4ccccc4)c3)cc2)cc1Cl. The molecule has 200 valence electrons. The Hall–Kier alpha value is -4.34. The van der Waals surface area contributed by atoms with Gasteiger partial charge < -0.3 is 24.8 Å². The maximum Gasteiger partial charge on any atom is 0.336 e. The number of hydrogen-bond donors (Lipinski definition) is 3. The first kappa shape index (κ1) is 27.7. The van der Waals surface area contributed by atoms with Crippen molar-refractivity contribution >= 4 is 53.4 Å². The van der Waals surface area contributed by atoms with Crippen LogP contribution in [0.2, 0.25) is 5.02 Å². The van der Waals surface area contributed by atoms with Gasteiger partial charge in [0.15, 0.2) is 0 Å². The fourth-order valence-electron chi connectivity index (χ4n) is 3.60. The third-order valence-corrected chi connectivity index (χ3v) is 6.33. The molecular formula is C29H26ClN3O5S. The fraction of sp³-hybridized carbons (Fsp3) is 0.103. The van der Waals surface area contributed by atoms with Crippen LogP contribution >= 0.6 is 24.4 Å². The zero-order valence-electron chi connectivity index (χ0n) is 21.2. The summed E-state index contributed by atoms with van der Waals surface area (Å²) in [6.07, 6.45) is 0. The van der Waals surface area contributed by atoms with Crippen molar-refractivity contribution in [3.63, 3.8) is 0 Å². The number of nitrogens with one attached hydrogen (secondary N) is 2. The lowest BCUT2D eigenvalue weighted by molar-refractivity contribution is 0.102. The quantitative estimate of drug-likeness (QED) is 0.189. The summed E-state index contributed by atoms with van der Waals surface area (Å²) in [5.74, 6) is 1.09. The molecule has 0 aliphatic heterocycles. The normalized spacial score (nSPS) is 10.4. The molecule has 0 aliphatic carbocycles. The van der Waals surface area contributed by atoms with Crippen LogP contribution in [0.5, 0.6) is 17.2 Å². The van der Waals surface area contributed by atoms with Gasteiger partial charge in [0.1, 0.15) is 23.9 Å². The Bertz CT molecular complexity index is 1450. The molecule has 0 saturated carbocycles. The van der Waals surface area contributed by atoms with Gasteiger partial charge in [-0.25, -0.2) is 9.10 Å². The van der Waals surface area contributed by atoms with E-state index in [-0.39, 0.29) is 5.91 Å². The number of amides is 3. The predicted molar refractivity (Wildman–Crippen MR) is 157 cm³/mol. The average Bonchev–Trinajstić information content (AvgIpc) is 2.97. The smallest absolute Gasteiger partial charge is 0.336 e. The van der Waals surface area contributed by atoms with Crippen LogP contribution in [0.15, 0.2) is 91.0 Å². The van der Waals surface area contributed by atoms with E-state index in [4.69, 9.17) is 25.8 Å². The highest BCUT2D eigenvalue weighted by Gasteiger charge is 2.17. The van der Waals surface area contributed by atoms with E-state index in [0.29, 0.717) is 51.5 Å². The highest BCUT2D eigenvalue weighted by atomic mass is 35.5. The number of urea groups is 1. The second-order valence-corrected chi connectivity index (χ2v) is 9.04. The molecule has 4 aromatic carbocycles. The van der Waals surface area contributed by atoms with Gasteiger partial charge in [-0.15, -0.1) is 0 Å². The molecule has 0 heterocycles. The Morgan fingerprint density at radius 2 is 1.56 bits per heavy atom. The first-order chi connectivity index (χ1) is 18.9. The zero-order valence-corrected chi connectivity index (χ0v) is 22.8. The topological polar surface area (TPSA) is 89.1 Å². The van der Waals surface area contributed by atoms with Crippen molar-refractivity contribution in [1.82, 2.24) is 0 Å². The zero-order chi connectivity index (χ0) is 27.8. The monoisotopic (exact) mass is 563 g/mol. The third kappa shape index (κ3) is 7.16. The Kier molecular flexibility index (Phi) is 9.19. The van der Waals surface area contributed by atoms with Gasteiger partial charge in [-0.3, -0.25) is 4.79 Å². The van der Waals surface area contributed by atoms with Crippen molar-refractivity contribution in [2.75, 3.05) is 29.2 Å². The largest absolute Gasteiger partial charge is 0.495 e. The Morgan fingerprint density at radius 1 is 0.846 bits per heavy atom. The summed E-state index contributed by atoms with van der Waals surface area (Å²) in [6, 6.07) is 25.9. The number of nitrogens with zero attached hydrogens (tertiary/aromatic N) is 1. The number of thiol groups is 1. The van der Waals surface area contributed by atoms with Gasteiger partial charge in [0.25, 0.3) is 5.91 Å². The van der Waals surface area contributed by atoms with Crippen LogP contribution in [0.4, 0.5) is 21.9 Å². The Balaban J connectivity index is 1.37. The summed E-state index contributed by atoms with van der Waals surface area (Å²) in [6.45, 7) is 0.402. The van der Waals surface area contributed by atoms with Crippen LogP contribution in [-0.2, 0) is 6.61 Å². The van der Waals surface area contributed by atoms with Crippen LogP contribution in [0.25, 0.3) is 0 Å². The van der Waals surface area contributed by atoms with E-state index in [0.717, 1.165) is 9.87 Å². The van der Waals surface area contributed by atoms with E-state index in [9.17, 15) is 9.59 Å². The number of anilines is 3. The van der Waals surface area contributed by atoms with Gasteiger partial charge in [-0.05, 0) is 54.1 Å². The molecule has 3 amide bonds. The Morgan fingerprint density at radius 3 is 2.26 bits per heavy atom. The maximum atomic E-state index is 12.8. The van der Waals surface area contributed by atoms with Crippen molar-refractivity contribution in [2.45, 2.75) is 6.61 Å². The molecule has 0 spiro atoms. The van der Waals surface area contributed by atoms with E-state index in [1.54, 1.807) is 54.6 Å². The molecule has 8 nitrogen and oxygen atoms in total. The van der Waals surface area contributed by atoms with Crippen LogP contribution in [0, 0.1) is 0 Å². The van der Waals surface area contributed by atoms with Crippen molar-refractivity contribution in [3.05, 3.63) is 107 Å². The van der Waals surface area contributed by atoms with Gasteiger partial charge in [0.2, 0.25) is 0 Å². The van der Waals surface area contributed by atoms with Crippen LogP contribution in [-0.4, -0.2) is 26.2 Å². The second kappa shape index (κ2) is 12.9. The average molecular weight is 564 g/mol. The molecule has 0 saturated heterocycles. The molecular weight excluding hydrogens is 538 g/mol. The molecule has 0 radical (unpaired) electrons. The molecule has 0 bridgehead atoms. The van der Waals surface area contributed by atoms with Crippen molar-refractivity contribution < 1.29 is 23.8 Å². The number of benzene rings is 4. The molecule has 0 fully saturated rings.